The van der Waals surface area contributed by atoms with Gasteiger partial charge in [-0.2, -0.15) is 0 Å². The molecular weight excluding hydrogens is 260 g/mol. The van der Waals surface area contributed by atoms with E-state index in [9.17, 15) is 0 Å². The van der Waals surface area contributed by atoms with Crippen molar-refractivity contribution in [1.82, 2.24) is 0 Å². The smallest absolute Gasteiger partial charge is 0.194 e. The van der Waals surface area contributed by atoms with Crippen LogP contribution < -0.4 is 9.47 Å². The van der Waals surface area contributed by atoms with Crippen molar-refractivity contribution >= 4 is 10.1 Å². The molecule has 0 spiro atoms. The van der Waals surface area contributed by atoms with E-state index in [1.807, 2.05) is 19.1 Å². The summed E-state index contributed by atoms with van der Waals surface area (Å²) in [5, 5.41) is 9.02. The van der Waals surface area contributed by atoms with Gasteiger partial charge in [0.25, 0.3) is 0 Å². The zero-order valence-electron chi connectivity index (χ0n) is 10.5. The minimum Gasteiger partial charge on any atom is -0.748 e. The van der Waals surface area contributed by atoms with Crippen molar-refractivity contribution < 1.29 is 27.6 Å². The Labute approximate surface area is 107 Å². The van der Waals surface area contributed by atoms with Gasteiger partial charge in [-0.1, -0.05) is 12.1 Å². The molecule has 104 valence electrons. The molecule has 0 bridgehead atoms. The van der Waals surface area contributed by atoms with Crippen molar-refractivity contribution in [3.8, 4) is 11.5 Å². The molecule has 0 radical (unpaired) electrons. The molecular formula is C11H17O6S-. The second kappa shape index (κ2) is 7.91. The fourth-order valence-corrected chi connectivity index (χ4v) is 1.01. The Hall–Kier alpha value is -1.31. The van der Waals surface area contributed by atoms with E-state index in [4.69, 9.17) is 27.6 Å². The van der Waals surface area contributed by atoms with Gasteiger partial charge >= 0.3 is 0 Å². The first-order valence-corrected chi connectivity index (χ1v) is 7.03. The maximum absolute atomic E-state index is 9.08. The Morgan fingerprint density at radius 2 is 1.78 bits per heavy atom. The Bertz CT molecular complexity index is 433. The number of benzene rings is 1. The van der Waals surface area contributed by atoms with Crippen LogP contribution in [0.15, 0.2) is 24.3 Å². The monoisotopic (exact) mass is 277 g/mol. The van der Waals surface area contributed by atoms with Gasteiger partial charge in [-0.05, 0) is 26.0 Å². The zero-order chi connectivity index (χ0) is 14.2. The highest BCUT2D eigenvalue weighted by Gasteiger charge is 2.05. The lowest BCUT2D eigenvalue weighted by atomic mass is 10.3. The molecule has 0 aliphatic rings. The van der Waals surface area contributed by atoms with Gasteiger partial charge in [-0.3, -0.25) is 0 Å². The summed E-state index contributed by atoms with van der Waals surface area (Å²) < 4.78 is 37.7. The molecule has 0 heterocycles. The molecule has 0 fully saturated rings. The number of ether oxygens (including phenoxy) is 2. The summed E-state index contributed by atoms with van der Waals surface area (Å²) >= 11 is 0. The van der Waals surface area contributed by atoms with E-state index < -0.39 is 16.4 Å². The molecule has 0 amide bonds. The third-order valence-electron chi connectivity index (χ3n) is 1.45. The third-order valence-corrected chi connectivity index (χ3v) is 1.45. The molecule has 7 heteroatoms. The van der Waals surface area contributed by atoms with E-state index in [-0.39, 0.29) is 0 Å². The van der Waals surface area contributed by atoms with Gasteiger partial charge in [0.1, 0.15) is 0 Å². The van der Waals surface area contributed by atoms with Gasteiger partial charge in [0.2, 0.25) is 0 Å². The molecule has 0 saturated heterocycles. The lowest BCUT2D eigenvalue weighted by Crippen LogP contribution is -2.10. The Kier molecular flexibility index (Phi) is 7.33. The topological polar surface area (TPSA) is 95.9 Å². The Balaban J connectivity index is 0.000000494. The Morgan fingerprint density at radius 3 is 2.17 bits per heavy atom. The van der Waals surface area contributed by atoms with E-state index in [0.29, 0.717) is 24.4 Å². The van der Waals surface area contributed by atoms with Gasteiger partial charge in [-0.25, -0.2) is 8.42 Å². The van der Waals surface area contributed by atoms with Crippen LogP contribution in [0.2, 0.25) is 0 Å². The standard InChI is InChI=1S/C10H14O3.CH4O3S/c1-3-12-9-6-4-5-7-10(9)13-8(2)11;1-5(2,3)4/h4-8,11H,3H2,1-2H3;1H3,(H,2,3,4)/p-1. The minimum atomic E-state index is -3.92. The van der Waals surface area contributed by atoms with Gasteiger partial charge < -0.3 is 19.1 Å². The number of hydrogen-bond donors (Lipinski definition) is 1. The lowest BCUT2D eigenvalue weighted by molar-refractivity contribution is -0.00239. The van der Waals surface area contributed by atoms with Crippen LogP contribution in [0, 0.1) is 0 Å². The average molecular weight is 277 g/mol. The van der Waals surface area contributed by atoms with Crippen molar-refractivity contribution in [1.29, 1.82) is 0 Å². The first-order valence-electron chi connectivity index (χ1n) is 5.21. The molecule has 1 atom stereocenters. The summed E-state index contributed by atoms with van der Waals surface area (Å²) in [6, 6.07) is 7.26. The lowest BCUT2D eigenvalue weighted by Gasteiger charge is -2.12. The maximum Gasteiger partial charge on any atom is 0.194 e. The first kappa shape index (κ1) is 16.7. The maximum atomic E-state index is 9.08. The fourth-order valence-electron chi connectivity index (χ4n) is 1.01. The van der Waals surface area contributed by atoms with Gasteiger partial charge in [0.05, 0.1) is 16.7 Å². The quantitative estimate of drug-likeness (QED) is 0.650. The predicted octanol–water partition coefficient (Wildman–Crippen LogP) is 0.964. The van der Waals surface area contributed by atoms with Gasteiger partial charge in [0.15, 0.2) is 17.8 Å². The molecule has 1 aromatic rings. The highest BCUT2D eigenvalue weighted by Crippen LogP contribution is 2.26. The molecule has 0 aliphatic carbocycles. The number of aliphatic hydroxyl groups is 1. The first-order chi connectivity index (χ1) is 8.24. The van der Waals surface area contributed by atoms with Crippen LogP contribution in [0.3, 0.4) is 0 Å². The van der Waals surface area contributed by atoms with E-state index in [2.05, 4.69) is 0 Å². The molecule has 1 unspecified atom stereocenters. The molecule has 1 aromatic carbocycles. The zero-order valence-corrected chi connectivity index (χ0v) is 11.3. The molecule has 18 heavy (non-hydrogen) atoms. The van der Waals surface area contributed by atoms with Crippen LogP contribution >= 0.6 is 0 Å². The van der Waals surface area contributed by atoms with Crippen molar-refractivity contribution in [2.75, 3.05) is 12.9 Å². The molecule has 1 rings (SSSR count). The third kappa shape index (κ3) is 9.88. The SMILES string of the molecule is CCOc1ccccc1OC(C)O.CS(=O)(=O)[O-]. The summed E-state index contributed by atoms with van der Waals surface area (Å²) in [7, 11) is -3.92. The number of hydrogen-bond acceptors (Lipinski definition) is 6. The highest BCUT2D eigenvalue weighted by atomic mass is 32.2. The van der Waals surface area contributed by atoms with Crippen molar-refractivity contribution in [2.45, 2.75) is 20.1 Å². The fraction of sp³-hybridized carbons (Fsp3) is 0.455. The van der Waals surface area contributed by atoms with Crippen LogP contribution in [0.5, 0.6) is 11.5 Å². The molecule has 1 N–H and O–H groups in total. The molecule has 6 nitrogen and oxygen atoms in total. The van der Waals surface area contributed by atoms with Crippen LogP contribution in [0.25, 0.3) is 0 Å². The van der Waals surface area contributed by atoms with Crippen LogP contribution in [-0.4, -0.2) is 37.2 Å². The largest absolute Gasteiger partial charge is 0.748 e. The van der Waals surface area contributed by atoms with Crippen LogP contribution in [0.1, 0.15) is 13.8 Å². The Morgan fingerprint density at radius 1 is 1.33 bits per heavy atom. The predicted molar refractivity (Wildman–Crippen MR) is 65.5 cm³/mol. The van der Waals surface area contributed by atoms with E-state index in [1.165, 1.54) is 0 Å². The molecule has 0 aromatic heterocycles. The van der Waals surface area contributed by atoms with Crippen LogP contribution in [0.4, 0.5) is 0 Å². The summed E-state index contributed by atoms with van der Waals surface area (Å²) in [5.41, 5.74) is 0. The normalized spacial score (nSPS) is 12.1. The number of para-hydroxylation sites is 2. The van der Waals surface area contributed by atoms with E-state index >= 15 is 0 Å². The highest BCUT2D eigenvalue weighted by molar-refractivity contribution is 7.84. The summed E-state index contributed by atoms with van der Waals surface area (Å²) in [6.07, 6.45) is -0.214. The molecule has 0 aliphatic heterocycles. The second-order valence-electron chi connectivity index (χ2n) is 3.30. The van der Waals surface area contributed by atoms with Crippen molar-refractivity contribution in [3.05, 3.63) is 24.3 Å². The van der Waals surface area contributed by atoms with Gasteiger partial charge in [-0.15, -0.1) is 0 Å². The van der Waals surface area contributed by atoms with Gasteiger partial charge in [0, 0.05) is 6.26 Å². The average Bonchev–Trinajstić information content (AvgIpc) is 2.18. The van der Waals surface area contributed by atoms with Crippen molar-refractivity contribution in [3.63, 3.8) is 0 Å². The molecule has 0 saturated carbocycles. The number of rotatable bonds is 4. The summed E-state index contributed by atoms with van der Waals surface area (Å²) in [4.78, 5) is 0. The van der Waals surface area contributed by atoms with Crippen LogP contribution in [-0.2, 0) is 10.1 Å². The van der Waals surface area contributed by atoms with E-state index in [0.717, 1.165) is 0 Å². The minimum absolute atomic E-state index is 0.569. The van der Waals surface area contributed by atoms with Crippen molar-refractivity contribution in [2.24, 2.45) is 0 Å². The second-order valence-corrected chi connectivity index (χ2v) is 4.71. The summed E-state index contributed by atoms with van der Waals surface area (Å²) in [5.74, 6) is 1.23. The van der Waals surface area contributed by atoms with E-state index in [1.54, 1.807) is 19.1 Å². The summed E-state index contributed by atoms with van der Waals surface area (Å²) in [6.45, 7) is 4.04. The number of aliphatic hydroxyl groups excluding tert-OH is 1.